The summed E-state index contributed by atoms with van der Waals surface area (Å²) in [4.78, 5) is 31.0. The summed E-state index contributed by atoms with van der Waals surface area (Å²) in [6.07, 6.45) is 4.09. The molecule has 33 heavy (non-hydrogen) atoms. The van der Waals surface area contributed by atoms with Crippen molar-refractivity contribution in [1.82, 2.24) is 14.5 Å². The highest BCUT2D eigenvalue weighted by Crippen LogP contribution is 2.31. The lowest BCUT2D eigenvalue weighted by atomic mass is 9.87. The maximum Gasteiger partial charge on any atom is 0.309 e. The van der Waals surface area contributed by atoms with Gasteiger partial charge >= 0.3 is 5.97 Å². The first-order valence-electron chi connectivity index (χ1n) is 11.7. The molecule has 0 spiro atoms. The molecule has 1 aliphatic rings. The topological polar surface area (TPSA) is 75.4 Å². The standard InChI is InChI=1S/C27H33N3O3/c1-18-13-19(2)15-20(14-18)16-30-23-17-29(24(31)8-5-10-27(3,4)26(32)33)12-9-21(23)22-7-6-11-28-25(22)30/h6-7,11,13-15H,5,8-10,12,16-17H2,1-4H3,(H,32,33). The number of pyridine rings is 1. The van der Waals surface area contributed by atoms with E-state index < -0.39 is 11.4 Å². The molecular weight excluding hydrogens is 414 g/mol. The van der Waals surface area contributed by atoms with Gasteiger partial charge in [-0.3, -0.25) is 9.59 Å². The number of aromatic nitrogens is 2. The summed E-state index contributed by atoms with van der Waals surface area (Å²) in [6, 6.07) is 10.7. The van der Waals surface area contributed by atoms with E-state index in [1.165, 1.54) is 27.6 Å². The van der Waals surface area contributed by atoms with Crippen molar-refractivity contribution in [3.63, 3.8) is 0 Å². The number of carbonyl (C=O) groups is 2. The van der Waals surface area contributed by atoms with Crippen molar-refractivity contribution >= 4 is 22.9 Å². The third kappa shape index (κ3) is 4.80. The minimum absolute atomic E-state index is 0.0954. The fourth-order valence-corrected chi connectivity index (χ4v) is 4.93. The maximum atomic E-state index is 13.0. The molecule has 6 heteroatoms. The number of fused-ring (bicyclic) bond motifs is 3. The van der Waals surface area contributed by atoms with Gasteiger partial charge in [0.05, 0.1) is 12.0 Å². The second kappa shape index (κ2) is 9.00. The summed E-state index contributed by atoms with van der Waals surface area (Å²) >= 11 is 0. The summed E-state index contributed by atoms with van der Waals surface area (Å²) < 4.78 is 2.27. The minimum Gasteiger partial charge on any atom is -0.481 e. The molecule has 0 atom stereocenters. The number of carboxylic acids is 1. The zero-order chi connectivity index (χ0) is 23.8. The molecular formula is C27H33N3O3. The average molecular weight is 448 g/mol. The molecule has 3 heterocycles. The van der Waals surface area contributed by atoms with Crippen LogP contribution in [0.1, 0.15) is 61.1 Å². The van der Waals surface area contributed by atoms with Gasteiger partial charge in [-0.2, -0.15) is 0 Å². The van der Waals surface area contributed by atoms with Crippen molar-refractivity contribution in [2.75, 3.05) is 6.54 Å². The minimum atomic E-state index is -0.819. The van der Waals surface area contributed by atoms with E-state index in [4.69, 9.17) is 4.98 Å². The quantitative estimate of drug-likeness (QED) is 0.561. The number of benzene rings is 1. The van der Waals surface area contributed by atoms with Crippen LogP contribution in [-0.2, 0) is 29.1 Å². The molecule has 0 fully saturated rings. The highest BCUT2D eigenvalue weighted by Gasteiger charge is 2.29. The molecule has 0 aliphatic carbocycles. The summed E-state index contributed by atoms with van der Waals surface area (Å²) in [5.74, 6) is -0.723. The SMILES string of the molecule is Cc1cc(C)cc(Cn2c3c(c4cccnc42)CCN(C(=O)CCCC(C)(C)C(=O)O)C3)c1. The third-order valence-electron chi connectivity index (χ3n) is 6.76. The average Bonchev–Trinajstić information content (AvgIpc) is 3.06. The Morgan fingerprint density at radius 3 is 2.58 bits per heavy atom. The Morgan fingerprint density at radius 1 is 1.15 bits per heavy atom. The summed E-state index contributed by atoms with van der Waals surface area (Å²) in [6.45, 7) is 9.63. The Balaban J connectivity index is 1.57. The predicted molar refractivity (Wildman–Crippen MR) is 129 cm³/mol. The van der Waals surface area contributed by atoms with E-state index >= 15 is 0 Å². The molecule has 1 N–H and O–H groups in total. The molecule has 1 amide bonds. The normalized spacial score (nSPS) is 13.9. The summed E-state index contributed by atoms with van der Waals surface area (Å²) in [5.41, 5.74) is 6.33. The highest BCUT2D eigenvalue weighted by atomic mass is 16.4. The van der Waals surface area contributed by atoms with Gasteiger partial charge in [0.2, 0.25) is 5.91 Å². The first kappa shape index (κ1) is 23.0. The second-order valence-electron chi connectivity index (χ2n) is 9.99. The van der Waals surface area contributed by atoms with E-state index in [0.717, 1.165) is 24.3 Å². The third-order valence-corrected chi connectivity index (χ3v) is 6.76. The van der Waals surface area contributed by atoms with Crippen molar-refractivity contribution in [3.05, 3.63) is 64.5 Å². The molecule has 0 saturated heterocycles. The van der Waals surface area contributed by atoms with E-state index in [2.05, 4.69) is 42.7 Å². The van der Waals surface area contributed by atoms with Crippen LogP contribution < -0.4 is 0 Å². The molecule has 174 valence electrons. The van der Waals surface area contributed by atoms with Crippen LogP contribution >= 0.6 is 0 Å². The number of carboxylic acid groups (broad SMARTS) is 1. The van der Waals surface area contributed by atoms with Gasteiger partial charge in [-0.25, -0.2) is 4.98 Å². The number of amides is 1. The Labute approximate surface area is 195 Å². The van der Waals surface area contributed by atoms with Crippen molar-refractivity contribution in [2.24, 2.45) is 5.41 Å². The largest absolute Gasteiger partial charge is 0.481 e. The van der Waals surface area contributed by atoms with Gasteiger partial charge in [-0.15, -0.1) is 0 Å². The van der Waals surface area contributed by atoms with Gasteiger partial charge in [0.1, 0.15) is 5.65 Å². The van der Waals surface area contributed by atoms with Crippen molar-refractivity contribution in [3.8, 4) is 0 Å². The number of aliphatic carboxylic acids is 1. The van der Waals surface area contributed by atoms with Crippen LogP contribution in [0.5, 0.6) is 0 Å². The summed E-state index contributed by atoms with van der Waals surface area (Å²) in [7, 11) is 0. The lowest BCUT2D eigenvalue weighted by Crippen LogP contribution is -2.36. The van der Waals surface area contributed by atoms with Crippen LogP contribution in [0.2, 0.25) is 0 Å². The zero-order valence-corrected chi connectivity index (χ0v) is 20.0. The van der Waals surface area contributed by atoms with E-state index in [0.29, 0.717) is 32.4 Å². The molecule has 0 bridgehead atoms. The fraction of sp³-hybridized carbons (Fsp3) is 0.444. The van der Waals surface area contributed by atoms with E-state index in [1.54, 1.807) is 13.8 Å². The number of nitrogens with zero attached hydrogens (tertiary/aromatic N) is 3. The second-order valence-corrected chi connectivity index (χ2v) is 9.99. The lowest BCUT2D eigenvalue weighted by Gasteiger charge is -2.29. The van der Waals surface area contributed by atoms with Gasteiger partial charge < -0.3 is 14.6 Å². The number of aryl methyl sites for hydroxylation is 2. The molecule has 1 aromatic carbocycles. The Bertz CT molecular complexity index is 1190. The molecule has 4 rings (SSSR count). The maximum absolute atomic E-state index is 13.0. The van der Waals surface area contributed by atoms with Gasteiger partial charge in [0.25, 0.3) is 0 Å². The van der Waals surface area contributed by atoms with Crippen LogP contribution in [0.4, 0.5) is 0 Å². The van der Waals surface area contributed by atoms with Crippen LogP contribution in [0.25, 0.3) is 11.0 Å². The zero-order valence-electron chi connectivity index (χ0n) is 20.0. The predicted octanol–water partition coefficient (Wildman–Crippen LogP) is 4.87. The molecule has 1 aliphatic heterocycles. The fourth-order valence-electron chi connectivity index (χ4n) is 4.93. The molecule has 0 radical (unpaired) electrons. The monoisotopic (exact) mass is 447 g/mol. The number of carbonyl (C=O) groups excluding carboxylic acids is 1. The van der Waals surface area contributed by atoms with E-state index in [-0.39, 0.29) is 5.91 Å². The summed E-state index contributed by atoms with van der Waals surface area (Å²) in [5, 5.41) is 10.5. The molecule has 0 unspecified atom stereocenters. The van der Waals surface area contributed by atoms with E-state index in [9.17, 15) is 14.7 Å². The highest BCUT2D eigenvalue weighted by molar-refractivity contribution is 5.84. The van der Waals surface area contributed by atoms with Crippen molar-refractivity contribution in [2.45, 2.75) is 66.5 Å². The van der Waals surface area contributed by atoms with Crippen LogP contribution in [0, 0.1) is 19.3 Å². The van der Waals surface area contributed by atoms with Gasteiger partial charge in [0, 0.05) is 36.8 Å². The number of hydrogen-bond donors (Lipinski definition) is 1. The number of rotatable bonds is 7. The van der Waals surface area contributed by atoms with Gasteiger partial charge in [-0.1, -0.05) is 29.3 Å². The van der Waals surface area contributed by atoms with E-state index in [1.807, 2.05) is 17.2 Å². The Kier molecular flexibility index (Phi) is 6.28. The van der Waals surface area contributed by atoms with Crippen LogP contribution in [0.3, 0.4) is 0 Å². The molecule has 2 aromatic heterocycles. The van der Waals surface area contributed by atoms with Gasteiger partial charge in [0.15, 0.2) is 0 Å². The lowest BCUT2D eigenvalue weighted by molar-refractivity contribution is -0.147. The first-order chi connectivity index (χ1) is 15.7. The van der Waals surface area contributed by atoms with Crippen molar-refractivity contribution in [1.29, 1.82) is 0 Å². The molecule has 3 aromatic rings. The van der Waals surface area contributed by atoms with Crippen LogP contribution in [0.15, 0.2) is 36.5 Å². The Morgan fingerprint density at radius 2 is 1.88 bits per heavy atom. The molecule has 0 saturated carbocycles. The first-order valence-corrected chi connectivity index (χ1v) is 11.7. The molecule has 6 nitrogen and oxygen atoms in total. The smallest absolute Gasteiger partial charge is 0.309 e. The van der Waals surface area contributed by atoms with Gasteiger partial charge in [-0.05, 0) is 70.2 Å². The number of hydrogen-bond acceptors (Lipinski definition) is 3. The Hall–Kier alpha value is -3.15. The van der Waals surface area contributed by atoms with Crippen LogP contribution in [-0.4, -0.2) is 38.0 Å². The van der Waals surface area contributed by atoms with Crippen molar-refractivity contribution < 1.29 is 14.7 Å².